The van der Waals surface area contributed by atoms with E-state index >= 15 is 0 Å². The molecule has 2 rings (SSSR count). The van der Waals surface area contributed by atoms with E-state index in [4.69, 9.17) is 0 Å². The summed E-state index contributed by atoms with van der Waals surface area (Å²) < 4.78 is 0. The lowest BCUT2D eigenvalue weighted by molar-refractivity contribution is -0.119. The largest absolute Gasteiger partial charge is 0.298 e. The van der Waals surface area contributed by atoms with E-state index in [1.54, 1.807) is 0 Å². The molecular formula is C14H16O2S. The van der Waals surface area contributed by atoms with Crippen LogP contribution in [0.5, 0.6) is 0 Å². The molecule has 0 N–H and O–H groups in total. The zero-order chi connectivity index (χ0) is 12.1. The van der Waals surface area contributed by atoms with E-state index in [2.05, 4.69) is 0 Å². The van der Waals surface area contributed by atoms with E-state index in [0.717, 1.165) is 24.8 Å². The van der Waals surface area contributed by atoms with E-state index in [9.17, 15) is 9.59 Å². The summed E-state index contributed by atoms with van der Waals surface area (Å²) in [5.74, 6) is 0.858. The molecule has 0 bridgehead atoms. The molecule has 1 aliphatic rings. The molecule has 0 heterocycles. The highest BCUT2D eigenvalue weighted by Gasteiger charge is 2.23. The molecule has 0 radical (unpaired) electrons. The van der Waals surface area contributed by atoms with Crippen LogP contribution in [0.25, 0.3) is 0 Å². The molecule has 1 atom stereocenters. The Balaban J connectivity index is 1.86. The third kappa shape index (κ3) is 3.43. The SMILES string of the molecule is O=C(CSC1CCCCC1=O)c1ccccc1. The summed E-state index contributed by atoms with van der Waals surface area (Å²) >= 11 is 1.51. The van der Waals surface area contributed by atoms with Crippen molar-refractivity contribution in [2.75, 3.05) is 5.75 Å². The molecule has 2 nitrogen and oxygen atoms in total. The van der Waals surface area contributed by atoms with Gasteiger partial charge in [0.25, 0.3) is 0 Å². The highest BCUT2D eigenvalue weighted by Crippen LogP contribution is 2.26. The summed E-state index contributed by atoms with van der Waals surface area (Å²) in [6.07, 6.45) is 3.76. The van der Waals surface area contributed by atoms with Crippen molar-refractivity contribution in [2.24, 2.45) is 0 Å². The zero-order valence-corrected chi connectivity index (χ0v) is 10.5. The number of benzene rings is 1. The van der Waals surface area contributed by atoms with Crippen LogP contribution in [0.3, 0.4) is 0 Å². The predicted octanol–water partition coefficient (Wildman–Crippen LogP) is 3.11. The van der Waals surface area contributed by atoms with Crippen molar-refractivity contribution in [3.63, 3.8) is 0 Å². The molecule has 17 heavy (non-hydrogen) atoms. The number of hydrogen-bond acceptors (Lipinski definition) is 3. The van der Waals surface area contributed by atoms with Crippen LogP contribution >= 0.6 is 11.8 Å². The van der Waals surface area contributed by atoms with Gasteiger partial charge in [-0.2, -0.15) is 0 Å². The monoisotopic (exact) mass is 248 g/mol. The first kappa shape index (κ1) is 12.4. The average Bonchev–Trinajstić information content (AvgIpc) is 2.38. The number of ketones is 2. The van der Waals surface area contributed by atoms with Crippen LogP contribution in [0.1, 0.15) is 36.0 Å². The first-order chi connectivity index (χ1) is 8.27. The minimum atomic E-state index is 0.0522. The van der Waals surface area contributed by atoms with Crippen molar-refractivity contribution in [3.8, 4) is 0 Å². The zero-order valence-electron chi connectivity index (χ0n) is 9.72. The van der Waals surface area contributed by atoms with Gasteiger partial charge in [0.1, 0.15) is 5.78 Å². The van der Waals surface area contributed by atoms with Crippen LogP contribution in [0, 0.1) is 0 Å². The number of hydrogen-bond donors (Lipinski definition) is 0. The molecule has 1 unspecified atom stereocenters. The van der Waals surface area contributed by atoms with Crippen molar-refractivity contribution in [1.82, 2.24) is 0 Å². The second-order valence-electron chi connectivity index (χ2n) is 4.30. The van der Waals surface area contributed by atoms with Gasteiger partial charge in [0, 0.05) is 12.0 Å². The van der Waals surface area contributed by atoms with Gasteiger partial charge in [-0.15, -0.1) is 11.8 Å². The minimum absolute atomic E-state index is 0.0522. The number of carbonyl (C=O) groups is 2. The summed E-state index contributed by atoms with van der Waals surface area (Å²) in [6.45, 7) is 0. The Hall–Kier alpha value is -1.09. The highest BCUT2D eigenvalue weighted by atomic mass is 32.2. The summed E-state index contributed by atoms with van der Waals surface area (Å²) in [7, 11) is 0. The van der Waals surface area contributed by atoms with Crippen molar-refractivity contribution < 1.29 is 9.59 Å². The summed E-state index contributed by atoms with van der Waals surface area (Å²) in [5, 5.41) is 0.0522. The Morgan fingerprint density at radius 2 is 2.00 bits per heavy atom. The van der Waals surface area contributed by atoms with Crippen LogP contribution in [0.2, 0.25) is 0 Å². The molecule has 1 aromatic carbocycles. The Labute approximate surface area is 106 Å². The van der Waals surface area contributed by atoms with E-state index in [1.165, 1.54) is 11.8 Å². The quantitative estimate of drug-likeness (QED) is 0.768. The number of rotatable bonds is 4. The molecule has 1 saturated carbocycles. The first-order valence-electron chi connectivity index (χ1n) is 6.00. The molecule has 0 aliphatic heterocycles. The maximum Gasteiger partial charge on any atom is 0.172 e. The van der Waals surface area contributed by atoms with Gasteiger partial charge < -0.3 is 0 Å². The molecule has 0 spiro atoms. The Morgan fingerprint density at radius 1 is 1.24 bits per heavy atom. The van der Waals surface area contributed by atoms with Gasteiger partial charge in [0.15, 0.2) is 5.78 Å². The van der Waals surface area contributed by atoms with Gasteiger partial charge in [-0.05, 0) is 12.8 Å². The lowest BCUT2D eigenvalue weighted by Gasteiger charge is -2.19. The third-order valence-electron chi connectivity index (χ3n) is 3.01. The minimum Gasteiger partial charge on any atom is -0.298 e. The molecular weight excluding hydrogens is 232 g/mol. The molecule has 0 amide bonds. The molecule has 1 aliphatic carbocycles. The van der Waals surface area contributed by atoms with Crippen LogP contribution < -0.4 is 0 Å². The topological polar surface area (TPSA) is 34.1 Å². The second-order valence-corrected chi connectivity index (χ2v) is 5.49. The Bertz CT molecular complexity index is 400. The van der Waals surface area contributed by atoms with Crippen LogP contribution in [-0.4, -0.2) is 22.6 Å². The third-order valence-corrected chi connectivity index (χ3v) is 4.34. The fraction of sp³-hybridized carbons (Fsp3) is 0.429. The predicted molar refractivity (Wildman–Crippen MR) is 70.5 cm³/mol. The van der Waals surface area contributed by atoms with Gasteiger partial charge in [0.2, 0.25) is 0 Å². The highest BCUT2D eigenvalue weighted by molar-refractivity contribution is 8.01. The van der Waals surface area contributed by atoms with E-state index in [1.807, 2.05) is 30.3 Å². The Morgan fingerprint density at radius 3 is 2.71 bits per heavy atom. The number of carbonyl (C=O) groups excluding carboxylic acids is 2. The summed E-state index contributed by atoms with van der Waals surface area (Å²) in [4.78, 5) is 23.5. The van der Waals surface area contributed by atoms with Gasteiger partial charge in [-0.1, -0.05) is 36.8 Å². The van der Waals surface area contributed by atoms with Gasteiger partial charge in [-0.3, -0.25) is 9.59 Å². The Kier molecular flexibility index (Phi) is 4.37. The molecule has 1 fully saturated rings. The van der Waals surface area contributed by atoms with Gasteiger partial charge in [0.05, 0.1) is 11.0 Å². The molecule has 3 heteroatoms. The summed E-state index contributed by atoms with van der Waals surface area (Å²) in [5.41, 5.74) is 0.739. The van der Waals surface area contributed by atoms with Crippen molar-refractivity contribution in [2.45, 2.75) is 30.9 Å². The first-order valence-corrected chi connectivity index (χ1v) is 7.05. The maximum atomic E-state index is 11.9. The van der Waals surface area contributed by atoms with Crippen LogP contribution in [0.4, 0.5) is 0 Å². The fourth-order valence-corrected chi connectivity index (χ4v) is 3.17. The number of thioether (sulfide) groups is 1. The summed E-state index contributed by atoms with van der Waals surface area (Å²) in [6, 6.07) is 9.28. The smallest absolute Gasteiger partial charge is 0.172 e. The van der Waals surface area contributed by atoms with Crippen LogP contribution in [-0.2, 0) is 4.79 Å². The molecule has 0 saturated heterocycles. The fourth-order valence-electron chi connectivity index (χ4n) is 2.01. The van der Waals surface area contributed by atoms with Crippen LogP contribution in [0.15, 0.2) is 30.3 Å². The maximum absolute atomic E-state index is 11.9. The lowest BCUT2D eigenvalue weighted by atomic mass is 9.99. The average molecular weight is 248 g/mol. The van der Waals surface area contributed by atoms with Crippen molar-refractivity contribution in [3.05, 3.63) is 35.9 Å². The van der Waals surface area contributed by atoms with Gasteiger partial charge in [-0.25, -0.2) is 0 Å². The normalized spacial score (nSPS) is 20.2. The van der Waals surface area contributed by atoms with E-state index < -0.39 is 0 Å². The van der Waals surface area contributed by atoms with Crippen molar-refractivity contribution in [1.29, 1.82) is 0 Å². The van der Waals surface area contributed by atoms with Gasteiger partial charge >= 0.3 is 0 Å². The van der Waals surface area contributed by atoms with E-state index in [-0.39, 0.29) is 11.0 Å². The molecule has 90 valence electrons. The van der Waals surface area contributed by atoms with E-state index in [0.29, 0.717) is 18.0 Å². The molecule has 0 aromatic heterocycles. The standard InChI is InChI=1S/C14H16O2S/c15-12-8-4-5-9-14(12)17-10-13(16)11-6-2-1-3-7-11/h1-3,6-7,14H,4-5,8-10H2. The second kappa shape index (κ2) is 6.01. The van der Waals surface area contributed by atoms with Crippen molar-refractivity contribution >= 4 is 23.3 Å². The molecule has 1 aromatic rings. The number of Topliss-reactive ketones (excluding diaryl/α,β-unsaturated/α-hetero) is 2. The lowest BCUT2D eigenvalue weighted by Crippen LogP contribution is -2.22.